The van der Waals surface area contributed by atoms with Gasteiger partial charge in [0.05, 0.1) is 24.2 Å². The number of ether oxygens (including phenoxy) is 1. The van der Waals surface area contributed by atoms with Crippen molar-refractivity contribution in [2.24, 2.45) is 5.92 Å². The predicted octanol–water partition coefficient (Wildman–Crippen LogP) is 2.56. The summed E-state index contributed by atoms with van der Waals surface area (Å²) in [7, 11) is 0. The second-order valence-corrected chi connectivity index (χ2v) is 6.40. The van der Waals surface area contributed by atoms with Gasteiger partial charge in [-0.15, -0.1) is 0 Å². The summed E-state index contributed by atoms with van der Waals surface area (Å²) in [6, 6.07) is 2.38. The van der Waals surface area contributed by atoms with Gasteiger partial charge in [0.25, 0.3) is 0 Å². The first-order valence-electron chi connectivity index (χ1n) is 8.44. The Labute approximate surface area is 138 Å². The van der Waals surface area contributed by atoms with E-state index in [2.05, 4.69) is 15.6 Å². The highest BCUT2D eigenvalue weighted by molar-refractivity contribution is 5.79. The van der Waals surface area contributed by atoms with Crippen molar-refractivity contribution in [2.75, 3.05) is 17.7 Å². The van der Waals surface area contributed by atoms with Gasteiger partial charge in [0.2, 0.25) is 11.8 Å². The predicted molar refractivity (Wildman–Crippen MR) is 92.5 cm³/mol. The Bertz CT molecular complexity index is 525. The van der Waals surface area contributed by atoms with E-state index in [1.165, 1.54) is 0 Å². The van der Waals surface area contributed by atoms with Crippen LogP contribution in [0, 0.1) is 5.92 Å². The summed E-state index contributed by atoms with van der Waals surface area (Å²) in [6.07, 6.45) is 5.35. The Morgan fingerprint density at radius 3 is 2.70 bits per heavy atom. The fraction of sp³-hybridized carbons (Fsp3) is 0.647. The van der Waals surface area contributed by atoms with E-state index in [-0.39, 0.29) is 17.9 Å². The molecule has 1 amide bonds. The molecule has 1 saturated carbocycles. The highest BCUT2D eigenvalue weighted by Gasteiger charge is 2.26. The highest BCUT2D eigenvalue weighted by Crippen LogP contribution is 2.29. The first-order valence-corrected chi connectivity index (χ1v) is 8.44. The molecule has 1 aromatic heterocycles. The largest absolute Gasteiger partial charge is 0.478 e. The standard InChI is InChI=1S/C17H28N4O2/c1-4-23-16-9-15(14(18)10-19-16)21-13-7-5-12(6-8-13)17(22)20-11(2)3/h9-13H,4-8,18H2,1-3H3,(H,19,21)(H,20,22). The summed E-state index contributed by atoms with van der Waals surface area (Å²) >= 11 is 0. The van der Waals surface area contributed by atoms with E-state index in [1.807, 2.05) is 26.8 Å². The number of hydrogen-bond donors (Lipinski definition) is 3. The molecule has 0 saturated heterocycles. The molecule has 0 bridgehead atoms. The van der Waals surface area contributed by atoms with Crippen molar-refractivity contribution >= 4 is 17.3 Å². The van der Waals surface area contributed by atoms with Crippen molar-refractivity contribution in [3.8, 4) is 5.88 Å². The Balaban J connectivity index is 1.89. The van der Waals surface area contributed by atoms with Gasteiger partial charge >= 0.3 is 0 Å². The smallest absolute Gasteiger partial charge is 0.223 e. The lowest BCUT2D eigenvalue weighted by atomic mass is 9.85. The first kappa shape index (κ1) is 17.4. The Kier molecular flexibility index (Phi) is 6.07. The van der Waals surface area contributed by atoms with Crippen LogP contribution < -0.4 is 21.1 Å². The maximum Gasteiger partial charge on any atom is 0.223 e. The third-order valence-electron chi connectivity index (χ3n) is 4.09. The minimum atomic E-state index is 0.129. The number of nitrogens with one attached hydrogen (secondary N) is 2. The topological polar surface area (TPSA) is 89.3 Å². The van der Waals surface area contributed by atoms with Crippen LogP contribution in [-0.4, -0.2) is 29.6 Å². The lowest BCUT2D eigenvalue weighted by Gasteiger charge is -2.30. The van der Waals surface area contributed by atoms with E-state index in [0.717, 1.165) is 31.4 Å². The number of pyridine rings is 1. The van der Waals surface area contributed by atoms with Crippen molar-refractivity contribution in [3.05, 3.63) is 12.3 Å². The lowest BCUT2D eigenvalue weighted by molar-refractivity contribution is -0.126. The quantitative estimate of drug-likeness (QED) is 0.749. The molecule has 1 aliphatic rings. The van der Waals surface area contributed by atoms with Crippen LogP contribution in [0.2, 0.25) is 0 Å². The molecule has 2 rings (SSSR count). The fourth-order valence-electron chi connectivity index (χ4n) is 2.92. The van der Waals surface area contributed by atoms with Crippen LogP contribution in [-0.2, 0) is 4.79 Å². The number of carbonyl (C=O) groups excluding carboxylic acids is 1. The van der Waals surface area contributed by atoms with E-state index in [0.29, 0.717) is 24.2 Å². The van der Waals surface area contributed by atoms with Crippen LogP contribution in [0.15, 0.2) is 12.3 Å². The molecule has 1 aromatic rings. The number of anilines is 2. The number of rotatable bonds is 6. The number of nitrogens with two attached hydrogens (primary N) is 1. The summed E-state index contributed by atoms with van der Waals surface area (Å²) in [6.45, 7) is 6.49. The van der Waals surface area contributed by atoms with Crippen molar-refractivity contribution in [2.45, 2.75) is 58.5 Å². The van der Waals surface area contributed by atoms with Crippen molar-refractivity contribution in [1.82, 2.24) is 10.3 Å². The van der Waals surface area contributed by atoms with Crippen LogP contribution in [0.4, 0.5) is 11.4 Å². The lowest BCUT2D eigenvalue weighted by Crippen LogP contribution is -2.38. The molecule has 0 spiro atoms. The molecular weight excluding hydrogens is 292 g/mol. The molecule has 6 nitrogen and oxygen atoms in total. The first-order chi connectivity index (χ1) is 11.0. The van der Waals surface area contributed by atoms with Crippen LogP contribution in [0.5, 0.6) is 5.88 Å². The highest BCUT2D eigenvalue weighted by atomic mass is 16.5. The molecule has 0 atom stereocenters. The summed E-state index contributed by atoms with van der Waals surface area (Å²) < 4.78 is 5.42. The van der Waals surface area contributed by atoms with E-state index in [1.54, 1.807) is 6.20 Å². The Morgan fingerprint density at radius 2 is 2.09 bits per heavy atom. The maximum absolute atomic E-state index is 12.1. The van der Waals surface area contributed by atoms with E-state index < -0.39 is 0 Å². The molecule has 23 heavy (non-hydrogen) atoms. The number of hydrogen-bond acceptors (Lipinski definition) is 5. The van der Waals surface area contributed by atoms with Gasteiger partial charge in [0, 0.05) is 24.1 Å². The summed E-state index contributed by atoms with van der Waals surface area (Å²) in [5.74, 6) is 0.888. The molecule has 1 heterocycles. The third-order valence-corrected chi connectivity index (χ3v) is 4.09. The number of nitrogens with zero attached hydrogens (tertiary/aromatic N) is 1. The normalized spacial score (nSPS) is 21.0. The zero-order valence-corrected chi connectivity index (χ0v) is 14.3. The Hall–Kier alpha value is -1.98. The average Bonchev–Trinajstić information content (AvgIpc) is 2.51. The number of amides is 1. The van der Waals surface area contributed by atoms with Gasteiger partial charge in [-0.25, -0.2) is 4.98 Å². The van der Waals surface area contributed by atoms with Gasteiger partial charge in [-0.2, -0.15) is 0 Å². The number of aromatic nitrogens is 1. The number of nitrogen functional groups attached to an aromatic ring is 1. The fourth-order valence-corrected chi connectivity index (χ4v) is 2.92. The summed E-state index contributed by atoms with van der Waals surface area (Å²) in [5, 5.41) is 6.47. The molecule has 128 valence electrons. The maximum atomic E-state index is 12.1. The van der Waals surface area contributed by atoms with E-state index in [9.17, 15) is 4.79 Å². The van der Waals surface area contributed by atoms with Gasteiger partial charge in [-0.05, 0) is 46.5 Å². The van der Waals surface area contributed by atoms with E-state index >= 15 is 0 Å². The molecule has 4 N–H and O–H groups in total. The molecule has 0 aromatic carbocycles. The summed E-state index contributed by atoms with van der Waals surface area (Å²) in [4.78, 5) is 16.2. The zero-order valence-electron chi connectivity index (χ0n) is 14.3. The molecule has 0 unspecified atom stereocenters. The van der Waals surface area contributed by atoms with Crippen LogP contribution in [0.25, 0.3) is 0 Å². The minimum absolute atomic E-state index is 0.129. The molecule has 1 aliphatic carbocycles. The van der Waals surface area contributed by atoms with Crippen molar-refractivity contribution < 1.29 is 9.53 Å². The monoisotopic (exact) mass is 320 g/mol. The molecule has 0 radical (unpaired) electrons. The van der Waals surface area contributed by atoms with Gasteiger partial charge in [-0.3, -0.25) is 4.79 Å². The van der Waals surface area contributed by atoms with Gasteiger partial charge in [-0.1, -0.05) is 0 Å². The van der Waals surface area contributed by atoms with Gasteiger partial charge in [0.1, 0.15) is 0 Å². The molecule has 1 fully saturated rings. The van der Waals surface area contributed by atoms with Crippen LogP contribution in [0.1, 0.15) is 46.5 Å². The number of carbonyl (C=O) groups is 1. The molecular formula is C17H28N4O2. The van der Waals surface area contributed by atoms with Crippen LogP contribution >= 0.6 is 0 Å². The van der Waals surface area contributed by atoms with Gasteiger partial charge < -0.3 is 21.1 Å². The van der Waals surface area contributed by atoms with E-state index in [4.69, 9.17) is 10.5 Å². The average molecular weight is 320 g/mol. The van der Waals surface area contributed by atoms with Crippen molar-refractivity contribution in [1.29, 1.82) is 0 Å². The second kappa shape index (κ2) is 8.04. The van der Waals surface area contributed by atoms with Gasteiger partial charge in [0.15, 0.2) is 0 Å². The SMILES string of the molecule is CCOc1cc(NC2CCC(C(=O)NC(C)C)CC2)c(N)cn1. The van der Waals surface area contributed by atoms with Crippen molar-refractivity contribution in [3.63, 3.8) is 0 Å². The zero-order chi connectivity index (χ0) is 16.8. The summed E-state index contributed by atoms with van der Waals surface area (Å²) in [5.41, 5.74) is 7.47. The van der Waals surface area contributed by atoms with Crippen LogP contribution in [0.3, 0.4) is 0 Å². The third kappa shape index (κ3) is 5.01. The molecule has 6 heteroatoms. The Morgan fingerprint density at radius 1 is 1.39 bits per heavy atom. The minimum Gasteiger partial charge on any atom is -0.478 e. The molecule has 0 aliphatic heterocycles. The second-order valence-electron chi connectivity index (χ2n) is 6.40.